The molecule has 7 heteroatoms. The second-order valence-electron chi connectivity index (χ2n) is 3.14. The predicted octanol–water partition coefficient (Wildman–Crippen LogP) is -0.407. The monoisotopic (exact) mass is 224 g/mol. The molecule has 86 valence electrons. The van der Waals surface area contributed by atoms with E-state index in [-0.39, 0.29) is 6.79 Å². The Morgan fingerprint density at radius 1 is 1.38 bits per heavy atom. The van der Waals surface area contributed by atoms with E-state index >= 15 is 0 Å². The smallest absolute Gasteiger partial charge is 0.343 e. The first-order valence-electron chi connectivity index (χ1n) is 4.67. The molecule has 7 nitrogen and oxygen atoms in total. The van der Waals surface area contributed by atoms with Crippen molar-refractivity contribution in [3.05, 3.63) is 23.8 Å². The molecule has 0 radical (unpaired) electrons. The number of nitrogens with two attached hydrogens (primary N) is 1. The number of carbonyl (C=O) groups is 1. The Hall–Kier alpha value is -1.99. The first kappa shape index (κ1) is 10.5. The molecular weight excluding hydrogens is 212 g/mol. The zero-order chi connectivity index (χ0) is 11.4. The van der Waals surface area contributed by atoms with Gasteiger partial charge in [0.2, 0.25) is 6.79 Å². The molecule has 1 aliphatic rings. The third-order valence-electron chi connectivity index (χ3n) is 2.06. The molecule has 0 spiro atoms. The van der Waals surface area contributed by atoms with Gasteiger partial charge in [-0.3, -0.25) is 10.9 Å². The van der Waals surface area contributed by atoms with Crippen LogP contribution in [0.2, 0.25) is 0 Å². The molecule has 5 N–H and O–H groups in total. The van der Waals surface area contributed by atoms with Gasteiger partial charge in [-0.1, -0.05) is 6.07 Å². The summed E-state index contributed by atoms with van der Waals surface area (Å²) >= 11 is 0. The Morgan fingerprint density at radius 3 is 3.00 bits per heavy atom. The van der Waals surface area contributed by atoms with Gasteiger partial charge >= 0.3 is 6.03 Å². The summed E-state index contributed by atoms with van der Waals surface area (Å²) in [6, 6.07) is 5.04. The van der Waals surface area contributed by atoms with Gasteiger partial charge in [-0.25, -0.2) is 16.1 Å². The predicted molar refractivity (Wildman–Crippen MR) is 55.3 cm³/mol. The van der Waals surface area contributed by atoms with Crippen molar-refractivity contribution in [2.75, 3.05) is 6.79 Å². The number of urea groups is 1. The average Bonchev–Trinajstić information content (AvgIpc) is 2.76. The number of carbonyl (C=O) groups excluding carboxylic acids is 1. The van der Waals surface area contributed by atoms with Gasteiger partial charge in [0.1, 0.15) is 0 Å². The lowest BCUT2D eigenvalue weighted by Gasteiger charge is -2.06. The van der Waals surface area contributed by atoms with E-state index in [0.717, 1.165) is 11.3 Å². The number of hydrazine groups is 2. The lowest BCUT2D eigenvalue weighted by molar-refractivity contribution is 0.174. The summed E-state index contributed by atoms with van der Waals surface area (Å²) in [5, 5.41) is 0. The number of hydrogen-bond donors (Lipinski definition) is 4. The molecule has 0 unspecified atom stereocenters. The third-order valence-corrected chi connectivity index (χ3v) is 2.06. The van der Waals surface area contributed by atoms with Crippen molar-refractivity contribution in [3.8, 4) is 11.5 Å². The second-order valence-corrected chi connectivity index (χ2v) is 3.14. The van der Waals surface area contributed by atoms with Crippen molar-refractivity contribution in [2.24, 2.45) is 5.84 Å². The molecule has 1 aromatic rings. The van der Waals surface area contributed by atoms with E-state index in [2.05, 4.69) is 10.9 Å². The van der Waals surface area contributed by atoms with Crippen LogP contribution in [0.4, 0.5) is 4.79 Å². The number of benzene rings is 1. The molecule has 0 fully saturated rings. The fraction of sp³-hybridized carbons (Fsp3) is 0.222. The SMILES string of the molecule is NNC(=O)NNCc1ccc2c(c1)OCO2. The summed E-state index contributed by atoms with van der Waals surface area (Å²) in [7, 11) is 0. The molecule has 16 heavy (non-hydrogen) atoms. The molecule has 0 saturated heterocycles. The molecule has 0 bridgehead atoms. The van der Waals surface area contributed by atoms with E-state index < -0.39 is 6.03 Å². The van der Waals surface area contributed by atoms with E-state index in [1.54, 1.807) is 0 Å². The summed E-state index contributed by atoms with van der Waals surface area (Å²) in [5.41, 5.74) is 7.95. The number of rotatable bonds is 3. The molecule has 0 aromatic heterocycles. The lowest BCUT2D eigenvalue weighted by Crippen LogP contribution is -2.46. The largest absolute Gasteiger partial charge is 0.454 e. The van der Waals surface area contributed by atoms with Crippen LogP contribution in [0.5, 0.6) is 11.5 Å². The van der Waals surface area contributed by atoms with Crippen molar-refractivity contribution < 1.29 is 14.3 Å². The Labute approximate surface area is 91.8 Å². The van der Waals surface area contributed by atoms with E-state index in [1.807, 2.05) is 23.6 Å². The number of fused-ring (bicyclic) bond motifs is 1. The summed E-state index contributed by atoms with van der Waals surface area (Å²) in [6.45, 7) is 0.712. The van der Waals surface area contributed by atoms with Crippen LogP contribution in [0.25, 0.3) is 0 Å². The van der Waals surface area contributed by atoms with Crippen LogP contribution in [0.15, 0.2) is 18.2 Å². The molecule has 2 rings (SSSR count). The highest BCUT2D eigenvalue weighted by Crippen LogP contribution is 2.32. The van der Waals surface area contributed by atoms with Gasteiger partial charge in [0, 0.05) is 6.54 Å². The van der Waals surface area contributed by atoms with Crippen molar-refractivity contribution in [2.45, 2.75) is 6.54 Å². The summed E-state index contributed by atoms with van der Waals surface area (Å²) in [4.78, 5) is 10.7. The van der Waals surface area contributed by atoms with E-state index in [1.165, 1.54) is 0 Å². The maximum absolute atomic E-state index is 10.7. The highest BCUT2D eigenvalue weighted by Gasteiger charge is 2.12. The van der Waals surface area contributed by atoms with Gasteiger partial charge in [0.25, 0.3) is 0 Å². The maximum atomic E-state index is 10.7. The zero-order valence-corrected chi connectivity index (χ0v) is 8.45. The summed E-state index contributed by atoms with van der Waals surface area (Å²) < 4.78 is 10.4. The van der Waals surface area contributed by atoms with Gasteiger partial charge in [-0.2, -0.15) is 0 Å². The van der Waals surface area contributed by atoms with Crippen LogP contribution < -0.4 is 31.6 Å². The minimum atomic E-state index is -0.499. The van der Waals surface area contributed by atoms with Crippen LogP contribution >= 0.6 is 0 Å². The Kier molecular flexibility index (Phi) is 3.08. The quantitative estimate of drug-likeness (QED) is 0.318. The highest BCUT2D eigenvalue weighted by molar-refractivity contribution is 5.72. The minimum Gasteiger partial charge on any atom is -0.454 e. The van der Waals surface area contributed by atoms with Crippen molar-refractivity contribution in [1.29, 1.82) is 0 Å². The van der Waals surface area contributed by atoms with Crippen LogP contribution in [0.1, 0.15) is 5.56 Å². The van der Waals surface area contributed by atoms with Crippen LogP contribution in [0.3, 0.4) is 0 Å². The highest BCUT2D eigenvalue weighted by atomic mass is 16.7. The third kappa shape index (κ3) is 2.33. The van der Waals surface area contributed by atoms with Gasteiger partial charge < -0.3 is 9.47 Å². The van der Waals surface area contributed by atoms with Crippen molar-refractivity contribution >= 4 is 6.03 Å². The normalized spacial score (nSPS) is 12.3. The fourth-order valence-electron chi connectivity index (χ4n) is 1.31. The van der Waals surface area contributed by atoms with Gasteiger partial charge in [-0.05, 0) is 17.7 Å². The molecule has 0 atom stereocenters. The maximum Gasteiger partial charge on any atom is 0.343 e. The fourth-order valence-corrected chi connectivity index (χ4v) is 1.31. The molecule has 0 aliphatic carbocycles. The van der Waals surface area contributed by atoms with Crippen molar-refractivity contribution in [1.82, 2.24) is 16.3 Å². The first-order valence-corrected chi connectivity index (χ1v) is 4.67. The van der Waals surface area contributed by atoms with Crippen LogP contribution in [-0.4, -0.2) is 12.8 Å². The average molecular weight is 224 g/mol. The summed E-state index contributed by atoms with van der Waals surface area (Å²) in [6.07, 6.45) is 0. The minimum absolute atomic E-state index is 0.250. The molecular formula is C9H12N4O3. The molecule has 1 heterocycles. The zero-order valence-electron chi connectivity index (χ0n) is 8.45. The standard InChI is InChI=1S/C9H12N4O3/c10-12-9(14)13-11-4-6-1-2-7-8(3-6)16-5-15-7/h1-3,11H,4-5,10H2,(H2,12,13,14). The van der Waals surface area contributed by atoms with Gasteiger partial charge in [0.15, 0.2) is 11.5 Å². The van der Waals surface area contributed by atoms with E-state index in [9.17, 15) is 4.79 Å². The van der Waals surface area contributed by atoms with Crippen LogP contribution in [-0.2, 0) is 6.54 Å². The Bertz CT molecular complexity index is 396. The molecule has 1 aliphatic heterocycles. The van der Waals surface area contributed by atoms with Crippen molar-refractivity contribution in [3.63, 3.8) is 0 Å². The molecule has 0 saturated carbocycles. The number of nitrogens with one attached hydrogen (secondary N) is 3. The number of ether oxygens (including phenoxy) is 2. The topological polar surface area (TPSA) is 97.6 Å². The van der Waals surface area contributed by atoms with Gasteiger partial charge in [-0.15, -0.1) is 0 Å². The van der Waals surface area contributed by atoms with E-state index in [0.29, 0.717) is 12.3 Å². The van der Waals surface area contributed by atoms with Gasteiger partial charge in [0.05, 0.1) is 0 Å². The first-order chi connectivity index (χ1) is 7.79. The Balaban J connectivity index is 1.88. The lowest BCUT2D eigenvalue weighted by atomic mass is 10.2. The van der Waals surface area contributed by atoms with E-state index in [4.69, 9.17) is 15.3 Å². The second kappa shape index (κ2) is 4.69. The molecule has 1 aromatic carbocycles. The summed E-state index contributed by atoms with van der Waals surface area (Å²) in [5.74, 6) is 6.33. The van der Waals surface area contributed by atoms with Crippen LogP contribution in [0, 0.1) is 0 Å². The molecule has 2 amide bonds. The number of amides is 2. The Morgan fingerprint density at radius 2 is 2.19 bits per heavy atom. The number of hydrogen-bond acceptors (Lipinski definition) is 5.